The molecule has 6 heteroatoms. The molecule has 2 aromatic heterocycles. The van der Waals surface area contributed by atoms with Gasteiger partial charge in [-0.1, -0.05) is 37.3 Å². The molecule has 0 amide bonds. The van der Waals surface area contributed by atoms with Gasteiger partial charge in [-0.05, 0) is 25.0 Å². The van der Waals surface area contributed by atoms with Crippen LogP contribution >= 0.6 is 11.3 Å². The number of carboxylic acids is 1. The highest BCUT2D eigenvalue weighted by molar-refractivity contribution is 7.20. The molecule has 0 bridgehead atoms. The van der Waals surface area contributed by atoms with Gasteiger partial charge in [0.2, 0.25) is 5.13 Å². The first kappa shape index (κ1) is 13.8. The largest absolute Gasteiger partial charge is 0.478 e. The van der Waals surface area contributed by atoms with Crippen LogP contribution in [-0.2, 0) is 12.8 Å². The van der Waals surface area contributed by atoms with Gasteiger partial charge in [0.05, 0.1) is 21.6 Å². The smallest absolute Gasteiger partial charge is 0.339 e. The van der Waals surface area contributed by atoms with Crippen LogP contribution in [0.15, 0.2) is 24.3 Å². The molecule has 0 fully saturated rings. The first-order valence-electron chi connectivity index (χ1n) is 6.85. The first-order valence-corrected chi connectivity index (χ1v) is 7.67. The van der Waals surface area contributed by atoms with E-state index in [0.29, 0.717) is 29.8 Å². The summed E-state index contributed by atoms with van der Waals surface area (Å²) in [5, 5.41) is 14.6. The van der Waals surface area contributed by atoms with Crippen LogP contribution in [0.2, 0.25) is 0 Å². The quantitative estimate of drug-likeness (QED) is 0.802. The van der Waals surface area contributed by atoms with E-state index < -0.39 is 5.97 Å². The van der Waals surface area contributed by atoms with Crippen molar-refractivity contribution in [3.05, 3.63) is 41.2 Å². The fraction of sp³-hybridized carbons (Fsp3) is 0.267. The van der Waals surface area contributed by atoms with E-state index in [9.17, 15) is 9.90 Å². The van der Waals surface area contributed by atoms with Crippen molar-refractivity contribution in [1.82, 2.24) is 14.8 Å². The second kappa shape index (κ2) is 5.29. The van der Waals surface area contributed by atoms with E-state index >= 15 is 0 Å². The third-order valence-corrected chi connectivity index (χ3v) is 4.41. The van der Waals surface area contributed by atoms with Crippen LogP contribution in [0, 0.1) is 0 Å². The molecule has 1 N–H and O–H groups in total. The number of para-hydroxylation sites is 1. The number of carbonyl (C=O) groups is 1. The Kier molecular flexibility index (Phi) is 3.47. The van der Waals surface area contributed by atoms with Gasteiger partial charge in [0, 0.05) is 0 Å². The van der Waals surface area contributed by atoms with Crippen LogP contribution in [0.1, 0.15) is 35.6 Å². The van der Waals surface area contributed by atoms with Crippen LogP contribution in [0.5, 0.6) is 0 Å². The van der Waals surface area contributed by atoms with Crippen molar-refractivity contribution < 1.29 is 9.90 Å². The Balaban J connectivity index is 2.24. The molecular weight excluding hydrogens is 286 g/mol. The highest BCUT2D eigenvalue weighted by Gasteiger charge is 2.23. The molecule has 1 aromatic carbocycles. The molecule has 5 nitrogen and oxygen atoms in total. The zero-order chi connectivity index (χ0) is 15.0. The molecule has 108 valence electrons. The molecule has 0 saturated carbocycles. The predicted octanol–water partition coefficient (Wildman–Crippen LogP) is 3.31. The molecule has 0 spiro atoms. The number of aromatic carboxylic acids is 1. The highest BCUT2D eigenvalue weighted by atomic mass is 32.1. The summed E-state index contributed by atoms with van der Waals surface area (Å²) in [5.41, 5.74) is 2.54. The van der Waals surface area contributed by atoms with Gasteiger partial charge in [-0.3, -0.25) is 0 Å². The SMILES string of the molecule is CCc1nn(-c2nc3ccccc3s2)c(CC)c1C(=O)O. The molecular formula is C15H15N3O2S. The molecule has 2 heterocycles. The summed E-state index contributed by atoms with van der Waals surface area (Å²) >= 11 is 1.52. The van der Waals surface area contributed by atoms with Crippen LogP contribution in [0.3, 0.4) is 0 Å². The van der Waals surface area contributed by atoms with E-state index in [2.05, 4.69) is 10.1 Å². The summed E-state index contributed by atoms with van der Waals surface area (Å²) in [7, 11) is 0. The van der Waals surface area contributed by atoms with Crippen LogP contribution < -0.4 is 0 Å². The van der Waals surface area contributed by atoms with Crippen molar-refractivity contribution in [2.75, 3.05) is 0 Å². The molecule has 0 atom stereocenters. The molecule has 0 aliphatic rings. The maximum Gasteiger partial charge on any atom is 0.339 e. The molecule has 3 aromatic rings. The average molecular weight is 301 g/mol. The molecule has 0 unspecified atom stereocenters. The number of hydrogen-bond acceptors (Lipinski definition) is 4. The number of nitrogens with zero attached hydrogens (tertiary/aromatic N) is 3. The number of aromatic nitrogens is 3. The molecule has 0 aliphatic carbocycles. The first-order chi connectivity index (χ1) is 10.2. The minimum Gasteiger partial charge on any atom is -0.478 e. The lowest BCUT2D eigenvalue weighted by Crippen LogP contribution is -2.05. The van der Waals surface area contributed by atoms with Crippen LogP contribution in [0.4, 0.5) is 0 Å². The van der Waals surface area contributed by atoms with E-state index in [1.807, 2.05) is 38.1 Å². The van der Waals surface area contributed by atoms with Crippen molar-refractivity contribution in [2.24, 2.45) is 0 Å². The van der Waals surface area contributed by atoms with E-state index in [1.54, 1.807) is 4.68 Å². The van der Waals surface area contributed by atoms with E-state index in [1.165, 1.54) is 11.3 Å². The summed E-state index contributed by atoms with van der Waals surface area (Å²) in [6, 6.07) is 7.86. The zero-order valence-corrected chi connectivity index (χ0v) is 12.6. The third kappa shape index (κ3) is 2.21. The van der Waals surface area contributed by atoms with Gasteiger partial charge in [-0.15, -0.1) is 0 Å². The summed E-state index contributed by atoms with van der Waals surface area (Å²) in [4.78, 5) is 16.1. The van der Waals surface area contributed by atoms with Crippen LogP contribution in [-0.4, -0.2) is 25.8 Å². The summed E-state index contributed by atoms with van der Waals surface area (Å²) in [6.45, 7) is 3.85. The fourth-order valence-electron chi connectivity index (χ4n) is 2.43. The lowest BCUT2D eigenvalue weighted by Gasteiger charge is -2.01. The standard InChI is InChI=1S/C15H15N3O2S/c1-3-9-13(14(19)20)11(4-2)18(17-9)15-16-10-7-5-6-8-12(10)21-15/h5-8H,3-4H2,1-2H3,(H,19,20). The summed E-state index contributed by atoms with van der Waals surface area (Å²) in [6.07, 6.45) is 1.19. The topological polar surface area (TPSA) is 68.0 Å². The number of benzene rings is 1. The lowest BCUT2D eigenvalue weighted by molar-refractivity contribution is 0.0694. The van der Waals surface area contributed by atoms with E-state index in [4.69, 9.17) is 0 Å². The highest BCUT2D eigenvalue weighted by Crippen LogP contribution is 2.27. The van der Waals surface area contributed by atoms with E-state index in [-0.39, 0.29) is 0 Å². The second-order valence-corrected chi connectivity index (χ2v) is 5.67. The predicted molar refractivity (Wildman–Crippen MR) is 82.5 cm³/mol. The molecule has 3 rings (SSSR count). The van der Waals surface area contributed by atoms with Crippen molar-refractivity contribution in [3.63, 3.8) is 0 Å². The molecule has 0 radical (unpaired) electrons. The molecule has 0 saturated heterocycles. The minimum absolute atomic E-state index is 0.319. The lowest BCUT2D eigenvalue weighted by atomic mass is 10.1. The normalized spacial score (nSPS) is 11.1. The Labute approximate surface area is 125 Å². The number of carboxylic acid groups (broad SMARTS) is 1. The third-order valence-electron chi connectivity index (χ3n) is 3.40. The van der Waals surface area contributed by atoms with Crippen molar-refractivity contribution >= 4 is 27.5 Å². The number of aryl methyl sites for hydroxylation is 1. The maximum absolute atomic E-state index is 11.5. The molecule has 21 heavy (non-hydrogen) atoms. The van der Waals surface area contributed by atoms with Crippen molar-refractivity contribution in [3.8, 4) is 5.13 Å². The van der Waals surface area contributed by atoms with E-state index in [0.717, 1.165) is 15.3 Å². The van der Waals surface area contributed by atoms with Crippen LogP contribution in [0.25, 0.3) is 15.3 Å². The number of fused-ring (bicyclic) bond motifs is 1. The summed E-state index contributed by atoms with van der Waals surface area (Å²) < 4.78 is 2.76. The fourth-order valence-corrected chi connectivity index (χ4v) is 3.38. The van der Waals surface area contributed by atoms with Crippen molar-refractivity contribution in [1.29, 1.82) is 0 Å². The van der Waals surface area contributed by atoms with Gasteiger partial charge in [-0.2, -0.15) is 5.10 Å². The monoisotopic (exact) mass is 301 g/mol. The average Bonchev–Trinajstić information content (AvgIpc) is 3.07. The second-order valence-electron chi connectivity index (χ2n) is 4.66. The van der Waals surface area contributed by atoms with Gasteiger partial charge in [-0.25, -0.2) is 14.5 Å². The number of thiazole rings is 1. The Morgan fingerprint density at radius 2 is 2.05 bits per heavy atom. The zero-order valence-electron chi connectivity index (χ0n) is 11.8. The van der Waals surface area contributed by atoms with Gasteiger partial charge in [0.15, 0.2) is 0 Å². The van der Waals surface area contributed by atoms with Gasteiger partial charge < -0.3 is 5.11 Å². The van der Waals surface area contributed by atoms with Gasteiger partial charge in [0.25, 0.3) is 0 Å². The van der Waals surface area contributed by atoms with Gasteiger partial charge >= 0.3 is 5.97 Å². The Morgan fingerprint density at radius 1 is 1.29 bits per heavy atom. The summed E-state index contributed by atoms with van der Waals surface area (Å²) in [5.74, 6) is -0.920. The Morgan fingerprint density at radius 3 is 2.67 bits per heavy atom. The minimum atomic E-state index is -0.920. The van der Waals surface area contributed by atoms with Crippen molar-refractivity contribution in [2.45, 2.75) is 26.7 Å². The Hall–Kier alpha value is -2.21. The van der Waals surface area contributed by atoms with Gasteiger partial charge in [0.1, 0.15) is 5.56 Å². The molecule has 0 aliphatic heterocycles. The maximum atomic E-state index is 11.5. The number of rotatable bonds is 4. The number of hydrogen-bond donors (Lipinski definition) is 1. The Bertz CT molecular complexity index is 787.